The van der Waals surface area contributed by atoms with E-state index < -0.39 is 11.3 Å². The first-order chi connectivity index (χ1) is 10.5. The Labute approximate surface area is 132 Å². The van der Waals surface area contributed by atoms with E-state index in [-0.39, 0.29) is 18.0 Å². The first-order valence-corrected chi connectivity index (χ1v) is 7.17. The maximum absolute atomic E-state index is 12.5. The number of benzene rings is 1. The zero-order valence-electron chi connectivity index (χ0n) is 12.3. The highest BCUT2D eigenvalue weighted by Gasteiger charge is 2.15. The molecule has 0 fully saturated rings. The van der Waals surface area contributed by atoms with Crippen molar-refractivity contribution in [3.05, 3.63) is 45.2 Å². The third-order valence-corrected chi connectivity index (χ3v) is 3.55. The van der Waals surface area contributed by atoms with Crippen molar-refractivity contribution in [1.82, 2.24) is 15.2 Å². The highest BCUT2D eigenvalue weighted by molar-refractivity contribution is 6.31. The Balaban J connectivity index is 2.50. The van der Waals surface area contributed by atoms with E-state index in [0.717, 1.165) is 0 Å². The van der Waals surface area contributed by atoms with Crippen LogP contribution in [0.15, 0.2) is 29.2 Å². The number of rotatable bonds is 4. The molecule has 0 aliphatic heterocycles. The summed E-state index contributed by atoms with van der Waals surface area (Å²) in [5, 5.41) is 5.62. The fourth-order valence-electron chi connectivity index (χ4n) is 2.14. The minimum Gasteiger partial charge on any atom is -0.358 e. The van der Waals surface area contributed by atoms with Gasteiger partial charge in [-0.15, -0.1) is 0 Å². The van der Waals surface area contributed by atoms with E-state index in [9.17, 15) is 14.4 Å². The highest BCUT2D eigenvalue weighted by Crippen LogP contribution is 2.17. The third-order valence-electron chi connectivity index (χ3n) is 3.32. The van der Waals surface area contributed by atoms with E-state index >= 15 is 0 Å². The molecule has 7 heteroatoms. The quantitative estimate of drug-likeness (QED) is 0.886. The Morgan fingerprint density at radius 1 is 1.32 bits per heavy atom. The van der Waals surface area contributed by atoms with Gasteiger partial charge in [-0.3, -0.25) is 14.4 Å². The number of hydrogen-bond donors (Lipinski definition) is 2. The van der Waals surface area contributed by atoms with E-state index in [2.05, 4.69) is 10.6 Å². The number of carbonyl (C=O) groups excluding carboxylic acids is 2. The van der Waals surface area contributed by atoms with Crippen molar-refractivity contribution in [2.75, 3.05) is 13.6 Å². The fourth-order valence-corrected chi connectivity index (χ4v) is 2.31. The van der Waals surface area contributed by atoms with Gasteiger partial charge in [0.2, 0.25) is 11.3 Å². The summed E-state index contributed by atoms with van der Waals surface area (Å²) in [6.07, 6.45) is 1.50. The molecule has 0 aliphatic rings. The van der Waals surface area contributed by atoms with Crippen LogP contribution in [0.4, 0.5) is 0 Å². The predicted octanol–water partition coefficient (Wildman–Crippen LogP) is 1.15. The van der Waals surface area contributed by atoms with Crippen LogP contribution in [0.1, 0.15) is 17.3 Å². The number of likely N-dealkylation sites (N-methyl/N-ethyl adjacent to an activating group) is 1. The van der Waals surface area contributed by atoms with Crippen LogP contribution in [0.2, 0.25) is 5.02 Å². The average Bonchev–Trinajstić information content (AvgIpc) is 2.53. The summed E-state index contributed by atoms with van der Waals surface area (Å²) >= 11 is 5.94. The van der Waals surface area contributed by atoms with Gasteiger partial charge in [0, 0.05) is 30.2 Å². The van der Waals surface area contributed by atoms with Crippen LogP contribution in [-0.4, -0.2) is 30.0 Å². The number of halogens is 1. The monoisotopic (exact) mass is 321 g/mol. The Kier molecular flexibility index (Phi) is 4.82. The van der Waals surface area contributed by atoms with Gasteiger partial charge in [0.15, 0.2) is 0 Å². The zero-order chi connectivity index (χ0) is 16.3. The van der Waals surface area contributed by atoms with E-state index in [1.165, 1.54) is 13.2 Å². The SMILES string of the molecule is CCn1cc(C(=O)NCC(=O)NC)c(=O)c2cc(Cl)ccc21. The second-order valence-electron chi connectivity index (χ2n) is 4.68. The minimum absolute atomic E-state index is 0.0134. The van der Waals surface area contributed by atoms with Crippen LogP contribution in [0.25, 0.3) is 10.9 Å². The molecule has 6 nitrogen and oxygen atoms in total. The first kappa shape index (κ1) is 16.0. The summed E-state index contributed by atoms with van der Waals surface area (Å²) in [5.41, 5.74) is 0.289. The second kappa shape index (κ2) is 6.62. The van der Waals surface area contributed by atoms with Crippen molar-refractivity contribution >= 4 is 34.3 Å². The number of nitrogens with one attached hydrogen (secondary N) is 2. The van der Waals surface area contributed by atoms with Crippen LogP contribution in [-0.2, 0) is 11.3 Å². The molecule has 0 atom stereocenters. The zero-order valence-corrected chi connectivity index (χ0v) is 13.0. The summed E-state index contributed by atoms with van der Waals surface area (Å²) in [6.45, 7) is 2.31. The summed E-state index contributed by atoms with van der Waals surface area (Å²) in [7, 11) is 1.47. The average molecular weight is 322 g/mol. The Morgan fingerprint density at radius 2 is 2.05 bits per heavy atom. The van der Waals surface area contributed by atoms with Gasteiger partial charge in [0.25, 0.3) is 5.91 Å². The van der Waals surface area contributed by atoms with Crippen molar-refractivity contribution in [2.24, 2.45) is 0 Å². The lowest BCUT2D eigenvalue weighted by atomic mass is 10.1. The van der Waals surface area contributed by atoms with Crippen LogP contribution >= 0.6 is 11.6 Å². The lowest BCUT2D eigenvalue weighted by Crippen LogP contribution is -2.37. The molecule has 2 N–H and O–H groups in total. The van der Waals surface area contributed by atoms with Gasteiger partial charge >= 0.3 is 0 Å². The van der Waals surface area contributed by atoms with Crippen molar-refractivity contribution in [3.63, 3.8) is 0 Å². The smallest absolute Gasteiger partial charge is 0.257 e. The number of pyridine rings is 1. The molecule has 0 spiro atoms. The van der Waals surface area contributed by atoms with Crippen molar-refractivity contribution in [2.45, 2.75) is 13.5 Å². The molecule has 2 rings (SSSR count). The van der Waals surface area contributed by atoms with E-state index in [1.807, 2.05) is 6.92 Å². The minimum atomic E-state index is -0.585. The molecule has 2 amide bonds. The molecule has 0 unspecified atom stereocenters. The predicted molar refractivity (Wildman–Crippen MR) is 85.3 cm³/mol. The standard InChI is InChI=1S/C15H16ClN3O3/c1-3-19-8-11(15(22)18-7-13(20)17-2)14(21)10-6-9(16)4-5-12(10)19/h4-6,8H,3,7H2,1-2H3,(H,17,20)(H,18,22). The van der Waals surface area contributed by atoms with Crippen LogP contribution in [0, 0.1) is 0 Å². The highest BCUT2D eigenvalue weighted by atomic mass is 35.5. The molecular formula is C15H16ClN3O3. The van der Waals surface area contributed by atoms with Gasteiger partial charge in [0.05, 0.1) is 12.1 Å². The largest absolute Gasteiger partial charge is 0.358 e. The Hall–Kier alpha value is -2.34. The van der Waals surface area contributed by atoms with Crippen molar-refractivity contribution in [1.29, 1.82) is 0 Å². The lowest BCUT2D eigenvalue weighted by molar-refractivity contribution is -0.119. The Bertz CT molecular complexity index is 798. The number of hydrogen-bond acceptors (Lipinski definition) is 3. The number of amides is 2. The molecule has 1 aromatic heterocycles. The van der Waals surface area contributed by atoms with Gasteiger partial charge in [0.1, 0.15) is 5.56 Å². The second-order valence-corrected chi connectivity index (χ2v) is 5.11. The molecule has 0 bridgehead atoms. The molecule has 22 heavy (non-hydrogen) atoms. The van der Waals surface area contributed by atoms with Crippen LogP contribution in [0.3, 0.4) is 0 Å². The third kappa shape index (κ3) is 3.12. The van der Waals surface area contributed by atoms with Crippen molar-refractivity contribution in [3.8, 4) is 0 Å². The Morgan fingerprint density at radius 3 is 2.68 bits per heavy atom. The lowest BCUT2D eigenvalue weighted by Gasteiger charge is -2.12. The van der Waals surface area contributed by atoms with E-state index in [4.69, 9.17) is 11.6 Å². The van der Waals surface area contributed by atoms with E-state index in [0.29, 0.717) is 22.5 Å². The summed E-state index contributed by atoms with van der Waals surface area (Å²) < 4.78 is 1.79. The topological polar surface area (TPSA) is 80.2 Å². The molecule has 116 valence electrons. The van der Waals surface area contributed by atoms with Crippen molar-refractivity contribution < 1.29 is 9.59 Å². The van der Waals surface area contributed by atoms with Gasteiger partial charge in [-0.2, -0.15) is 0 Å². The summed E-state index contributed by atoms with van der Waals surface area (Å²) in [6, 6.07) is 4.98. The number of nitrogens with zero attached hydrogens (tertiary/aromatic N) is 1. The van der Waals surface area contributed by atoms with Crippen LogP contribution in [0.5, 0.6) is 0 Å². The molecule has 2 aromatic rings. The summed E-state index contributed by atoms with van der Waals surface area (Å²) in [5.74, 6) is -0.925. The maximum Gasteiger partial charge on any atom is 0.257 e. The van der Waals surface area contributed by atoms with Gasteiger partial charge in [-0.1, -0.05) is 11.6 Å². The van der Waals surface area contributed by atoms with E-state index in [1.54, 1.807) is 22.8 Å². The van der Waals surface area contributed by atoms with Crippen LogP contribution < -0.4 is 16.1 Å². The van der Waals surface area contributed by atoms with Gasteiger partial charge in [-0.25, -0.2) is 0 Å². The molecule has 0 saturated heterocycles. The normalized spacial score (nSPS) is 10.5. The molecule has 1 aromatic carbocycles. The number of fused-ring (bicyclic) bond motifs is 1. The number of aryl methyl sites for hydroxylation is 1. The molecule has 0 aliphatic carbocycles. The van der Waals surface area contributed by atoms with Gasteiger partial charge < -0.3 is 15.2 Å². The molecule has 0 radical (unpaired) electrons. The molecule has 0 saturated carbocycles. The maximum atomic E-state index is 12.5. The fraction of sp³-hybridized carbons (Fsp3) is 0.267. The number of aromatic nitrogens is 1. The molecular weight excluding hydrogens is 306 g/mol. The first-order valence-electron chi connectivity index (χ1n) is 6.79. The summed E-state index contributed by atoms with van der Waals surface area (Å²) in [4.78, 5) is 35.8. The number of carbonyl (C=O) groups is 2. The van der Waals surface area contributed by atoms with Gasteiger partial charge in [-0.05, 0) is 25.1 Å². The molecule has 1 heterocycles.